The molecular formula is C33H46O9. The highest BCUT2D eigenvalue weighted by molar-refractivity contribution is 5.82. The first-order valence-electron chi connectivity index (χ1n) is 14.7. The third kappa shape index (κ3) is 9.61. The Morgan fingerprint density at radius 2 is 1.93 bits per heavy atom. The van der Waals surface area contributed by atoms with E-state index in [4.69, 9.17) is 19.3 Å². The lowest BCUT2D eigenvalue weighted by Gasteiger charge is -2.47. The van der Waals surface area contributed by atoms with Crippen LogP contribution in [0, 0.1) is 11.3 Å². The fraction of sp³-hybridized carbons (Fsp3) is 0.576. The minimum absolute atomic E-state index is 0.0213. The van der Waals surface area contributed by atoms with E-state index in [1.807, 2.05) is 51.2 Å². The Balaban J connectivity index is 1.82. The van der Waals surface area contributed by atoms with Crippen molar-refractivity contribution in [1.29, 1.82) is 0 Å². The van der Waals surface area contributed by atoms with E-state index in [9.17, 15) is 24.9 Å². The third-order valence-electron chi connectivity index (χ3n) is 8.31. The molecule has 0 radical (unpaired) electrons. The highest BCUT2D eigenvalue weighted by Gasteiger charge is 2.49. The van der Waals surface area contributed by atoms with Crippen molar-refractivity contribution < 1.29 is 44.2 Å². The molecule has 0 aromatic carbocycles. The third-order valence-corrected chi connectivity index (χ3v) is 8.31. The first-order valence-corrected chi connectivity index (χ1v) is 14.7. The molecule has 4 bridgehead atoms. The van der Waals surface area contributed by atoms with E-state index >= 15 is 0 Å². The number of aliphatic hydroxyl groups is 3. The maximum Gasteiger partial charge on any atom is 0.332 e. The number of carbonyl (C=O) groups is 2. The lowest BCUT2D eigenvalue weighted by atomic mass is 9.73. The summed E-state index contributed by atoms with van der Waals surface area (Å²) < 4.78 is 18.5. The van der Waals surface area contributed by atoms with Crippen LogP contribution in [0.4, 0.5) is 0 Å². The number of hydrogen-bond acceptors (Lipinski definition) is 8. The van der Waals surface area contributed by atoms with Gasteiger partial charge in [-0.15, -0.1) is 0 Å². The molecule has 9 atom stereocenters. The molecular weight excluding hydrogens is 540 g/mol. The predicted octanol–water partition coefficient (Wildman–Crippen LogP) is 3.96. The van der Waals surface area contributed by atoms with Crippen molar-refractivity contribution in [1.82, 2.24) is 0 Å². The molecule has 42 heavy (non-hydrogen) atoms. The molecule has 232 valence electrons. The van der Waals surface area contributed by atoms with Crippen molar-refractivity contribution in [3.8, 4) is 0 Å². The fourth-order valence-electron chi connectivity index (χ4n) is 5.44. The van der Waals surface area contributed by atoms with E-state index in [1.165, 1.54) is 6.08 Å². The van der Waals surface area contributed by atoms with Crippen LogP contribution in [0.2, 0.25) is 0 Å². The summed E-state index contributed by atoms with van der Waals surface area (Å²) in [6, 6.07) is 0. The van der Waals surface area contributed by atoms with Crippen molar-refractivity contribution in [2.24, 2.45) is 11.3 Å². The summed E-state index contributed by atoms with van der Waals surface area (Å²) in [5, 5.41) is 39.4. The Morgan fingerprint density at radius 3 is 2.67 bits per heavy atom. The molecule has 0 amide bonds. The van der Waals surface area contributed by atoms with Gasteiger partial charge in [0.15, 0.2) is 6.10 Å². The lowest BCUT2D eigenvalue weighted by molar-refractivity contribution is -0.198. The molecule has 3 rings (SSSR count). The Kier molecular flexibility index (Phi) is 12.9. The van der Waals surface area contributed by atoms with Gasteiger partial charge in [0.2, 0.25) is 0 Å². The molecule has 9 heteroatoms. The molecule has 0 saturated carbocycles. The number of hydrogen-bond donors (Lipinski definition) is 4. The van der Waals surface area contributed by atoms with Gasteiger partial charge < -0.3 is 34.6 Å². The van der Waals surface area contributed by atoms with Crippen molar-refractivity contribution >= 4 is 11.9 Å². The first-order chi connectivity index (χ1) is 20.0. The van der Waals surface area contributed by atoms with E-state index in [-0.39, 0.29) is 37.3 Å². The van der Waals surface area contributed by atoms with Gasteiger partial charge in [-0.2, -0.15) is 0 Å². The van der Waals surface area contributed by atoms with Crippen LogP contribution >= 0.6 is 0 Å². The van der Waals surface area contributed by atoms with Crippen LogP contribution in [-0.2, 0) is 23.8 Å². The molecule has 0 aromatic heterocycles. The summed E-state index contributed by atoms with van der Waals surface area (Å²) in [6.07, 6.45) is 18.5. The van der Waals surface area contributed by atoms with Gasteiger partial charge in [-0.3, -0.25) is 0 Å². The summed E-state index contributed by atoms with van der Waals surface area (Å²) in [4.78, 5) is 23.7. The number of fused-ring (bicyclic) bond motifs is 4. The van der Waals surface area contributed by atoms with Gasteiger partial charge >= 0.3 is 11.9 Å². The van der Waals surface area contributed by atoms with Gasteiger partial charge in [0.1, 0.15) is 6.10 Å². The number of aliphatic hydroxyl groups excluding tert-OH is 3. The van der Waals surface area contributed by atoms with Gasteiger partial charge in [-0.1, -0.05) is 80.2 Å². The van der Waals surface area contributed by atoms with E-state index in [1.54, 1.807) is 24.3 Å². The van der Waals surface area contributed by atoms with Crippen LogP contribution in [0.1, 0.15) is 59.3 Å². The Morgan fingerprint density at radius 1 is 1.14 bits per heavy atom. The van der Waals surface area contributed by atoms with Gasteiger partial charge in [0.05, 0.1) is 42.5 Å². The van der Waals surface area contributed by atoms with Crippen molar-refractivity contribution in [3.63, 3.8) is 0 Å². The van der Waals surface area contributed by atoms with E-state index < -0.39 is 41.8 Å². The van der Waals surface area contributed by atoms with Crippen molar-refractivity contribution in [3.05, 3.63) is 72.4 Å². The number of aliphatic carboxylic acids is 1. The van der Waals surface area contributed by atoms with Gasteiger partial charge in [0, 0.05) is 31.3 Å². The van der Waals surface area contributed by atoms with Crippen LogP contribution in [0.15, 0.2) is 72.4 Å². The van der Waals surface area contributed by atoms with Gasteiger partial charge in [-0.05, 0) is 26.2 Å². The normalized spacial score (nSPS) is 39.7. The maximum atomic E-state index is 12.8. The van der Waals surface area contributed by atoms with Gasteiger partial charge in [0.25, 0.3) is 0 Å². The number of carboxylic acid groups (broad SMARTS) is 1. The zero-order valence-corrected chi connectivity index (χ0v) is 24.7. The number of ether oxygens (including phenoxy) is 3. The van der Waals surface area contributed by atoms with Crippen LogP contribution in [0.5, 0.6) is 0 Å². The summed E-state index contributed by atoms with van der Waals surface area (Å²) in [7, 11) is 0. The first kappa shape index (κ1) is 33.7. The Bertz CT molecular complexity index is 1090. The molecule has 9 nitrogen and oxygen atoms in total. The van der Waals surface area contributed by atoms with Crippen molar-refractivity contribution in [2.75, 3.05) is 6.61 Å². The molecule has 2 fully saturated rings. The zero-order chi connectivity index (χ0) is 30.7. The summed E-state index contributed by atoms with van der Waals surface area (Å²) >= 11 is 0. The number of esters is 1. The Hall–Kier alpha value is -2.82. The summed E-state index contributed by atoms with van der Waals surface area (Å²) in [5.74, 6) is -1.86. The summed E-state index contributed by atoms with van der Waals surface area (Å²) in [6.45, 7) is 5.52. The average Bonchev–Trinajstić information content (AvgIpc) is 2.94. The Labute approximate surface area is 248 Å². The number of carbonyl (C=O) groups excluding carboxylic acids is 1. The quantitative estimate of drug-likeness (QED) is 0.269. The lowest BCUT2D eigenvalue weighted by Crippen LogP contribution is -2.55. The van der Waals surface area contributed by atoms with E-state index in [0.717, 1.165) is 5.57 Å². The SMILES string of the molecule is CC1=C/[C@H]2O[C@@H](C/C=C/C=C/C(=O)O[C@@H]3C[C@@H](/C=C/C\C=C\1)O[C@@H](C/C=C\C[C@@H](O)C(=O)O)[C@]3(C)CO)C[C@H](O)[C@H]2C. The maximum absolute atomic E-state index is 12.8. The molecule has 0 unspecified atom stereocenters. The molecule has 0 spiro atoms. The number of rotatable bonds is 6. The second kappa shape index (κ2) is 16.1. The molecule has 3 aliphatic rings. The number of carboxylic acids is 1. The molecule has 4 N–H and O–H groups in total. The molecule has 3 heterocycles. The topological polar surface area (TPSA) is 143 Å². The highest BCUT2D eigenvalue weighted by atomic mass is 16.6. The molecule has 0 aromatic rings. The van der Waals surface area contributed by atoms with Crippen LogP contribution < -0.4 is 0 Å². The largest absolute Gasteiger partial charge is 0.479 e. The minimum atomic E-state index is -1.49. The smallest absolute Gasteiger partial charge is 0.332 e. The zero-order valence-electron chi connectivity index (χ0n) is 24.7. The fourth-order valence-corrected chi connectivity index (χ4v) is 5.44. The van der Waals surface area contributed by atoms with Crippen LogP contribution in [0.25, 0.3) is 0 Å². The standard InChI is InChI=1S/C33H46O9/c1-22-12-6-4-7-14-25-20-30(33(3,21-34)29(41-25)16-11-10-15-26(35)32(38)39)42-31(37)17-9-5-8-13-24-19-27(36)23(2)28(18-22)40-24/h5-12,14,17-18,23-30,34-36H,4,13,15-16,19-21H2,1-3H3,(H,38,39)/b8-5+,11-10-,12-6+,14-7+,17-9+,22-18-/t23-,24+,25-,26-,27+,28-,29+,30-,33+/m1/s1. The molecule has 2 saturated heterocycles. The van der Waals surface area contributed by atoms with Crippen molar-refractivity contribution in [2.45, 2.75) is 102 Å². The second-order valence-electron chi connectivity index (χ2n) is 11.7. The minimum Gasteiger partial charge on any atom is -0.479 e. The molecule has 0 aliphatic carbocycles. The van der Waals surface area contributed by atoms with Gasteiger partial charge in [-0.25, -0.2) is 9.59 Å². The van der Waals surface area contributed by atoms with Crippen LogP contribution in [-0.4, -0.2) is 81.7 Å². The highest BCUT2D eigenvalue weighted by Crippen LogP contribution is 2.41. The monoisotopic (exact) mass is 586 g/mol. The average molecular weight is 587 g/mol. The van der Waals surface area contributed by atoms with E-state index in [2.05, 4.69) is 6.08 Å². The number of allylic oxidation sites excluding steroid dienone is 6. The van der Waals surface area contributed by atoms with E-state index in [0.29, 0.717) is 32.1 Å². The predicted molar refractivity (Wildman–Crippen MR) is 158 cm³/mol. The second-order valence-corrected chi connectivity index (χ2v) is 11.7. The summed E-state index contributed by atoms with van der Waals surface area (Å²) in [5.41, 5.74) is 0.130. The van der Waals surface area contributed by atoms with Crippen LogP contribution in [0.3, 0.4) is 0 Å². The molecule has 3 aliphatic heterocycles.